The van der Waals surface area contributed by atoms with E-state index in [0.29, 0.717) is 11.1 Å². The molecule has 0 aliphatic carbocycles. The minimum atomic E-state index is -1.34. The fourth-order valence-corrected chi connectivity index (χ4v) is 3.42. The number of aromatic nitrogens is 2. The van der Waals surface area contributed by atoms with E-state index in [4.69, 9.17) is 31.2 Å². The summed E-state index contributed by atoms with van der Waals surface area (Å²) < 4.78 is 10.4. The van der Waals surface area contributed by atoms with Crippen molar-refractivity contribution < 1.29 is 49.7 Å². The molecule has 4 heterocycles. The number of rotatable bonds is 5. The van der Waals surface area contributed by atoms with E-state index in [1.165, 1.54) is 12.4 Å². The van der Waals surface area contributed by atoms with Gasteiger partial charge in [0.15, 0.2) is 0 Å². The average molecular weight is 511 g/mol. The Morgan fingerprint density at radius 1 is 0.722 bits per heavy atom. The van der Waals surface area contributed by atoms with Crippen molar-refractivity contribution in [1.82, 2.24) is 9.97 Å². The molecule has 8 atom stereocenters. The van der Waals surface area contributed by atoms with Gasteiger partial charge in [0, 0.05) is 24.8 Å². The Kier molecular flexibility index (Phi) is 11.2. The molecular formula is C22H30N4O10. The van der Waals surface area contributed by atoms with Gasteiger partial charge in [-0.3, -0.25) is 19.6 Å². The van der Waals surface area contributed by atoms with Crippen molar-refractivity contribution >= 4 is 11.8 Å². The maximum atomic E-state index is 10.4. The van der Waals surface area contributed by atoms with Crippen LogP contribution in [0.4, 0.5) is 0 Å². The first-order chi connectivity index (χ1) is 17.1. The molecule has 198 valence electrons. The second kappa shape index (κ2) is 13.9. The van der Waals surface area contributed by atoms with Crippen molar-refractivity contribution in [2.24, 2.45) is 11.5 Å². The molecule has 2 aromatic heterocycles. The van der Waals surface area contributed by atoms with Crippen molar-refractivity contribution in [3.8, 4) is 0 Å². The van der Waals surface area contributed by atoms with Gasteiger partial charge in [-0.1, -0.05) is 0 Å². The van der Waals surface area contributed by atoms with Gasteiger partial charge >= 0.3 is 0 Å². The zero-order valence-corrected chi connectivity index (χ0v) is 19.0. The molecule has 2 aromatic rings. The Morgan fingerprint density at radius 3 is 1.28 bits per heavy atom. The summed E-state index contributed by atoms with van der Waals surface area (Å²) in [7, 11) is 0. The molecule has 2 unspecified atom stereocenters. The summed E-state index contributed by atoms with van der Waals surface area (Å²) in [6.45, 7) is -0.965. The molecule has 2 fully saturated rings. The van der Waals surface area contributed by atoms with Gasteiger partial charge in [-0.25, -0.2) is 0 Å². The van der Waals surface area contributed by atoms with Crippen LogP contribution in [-0.4, -0.2) is 114 Å². The summed E-state index contributed by atoms with van der Waals surface area (Å²) in [5.74, 6) is -0.883. The Hall–Kier alpha value is -3.08. The molecule has 4 rings (SSSR count). The van der Waals surface area contributed by atoms with Crippen molar-refractivity contribution in [2.45, 2.75) is 48.8 Å². The van der Waals surface area contributed by atoms with Crippen molar-refractivity contribution in [2.75, 3.05) is 13.2 Å². The summed E-state index contributed by atoms with van der Waals surface area (Å²) in [4.78, 5) is 28.2. The lowest BCUT2D eigenvalue weighted by Crippen LogP contribution is -2.45. The van der Waals surface area contributed by atoms with Crippen LogP contribution in [0.25, 0.3) is 0 Å². The largest absolute Gasteiger partial charge is 0.394 e. The monoisotopic (exact) mass is 510 g/mol. The number of ether oxygens (including phenoxy) is 2. The SMILES string of the molecule is NC(=O)c1cccnc1.NC(=O)c1cccnc1.OC[C@H]1OC(C2O[C@H](CO)[C@@H](O)[C@H]2O)[C@H](O)[C@@H]1O. The number of aliphatic hydroxyl groups is 6. The van der Waals surface area contributed by atoms with Crippen LogP contribution in [0.3, 0.4) is 0 Å². The average Bonchev–Trinajstić information content (AvgIpc) is 3.35. The first-order valence-electron chi connectivity index (χ1n) is 10.8. The molecule has 36 heavy (non-hydrogen) atoms. The maximum absolute atomic E-state index is 10.4. The molecule has 2 saturated heterocycles. The molecule has 0 aromatic carbocycles. The van der Waals surface area contributed by atoms with Crippen LogP contribution in [0.15, 0.2) is 49.1 Å². The lowest BCUT2D eigenvalue weighted by molar-refractivity contribution is -0.121. The molecule has 0 saturated carbocycles. The number of amides is 2. The molecule has 14 heteroatoms. The standard InChI is InChI=1S/C10H18O8.2C6H6N2O/c11-1-3-5(13)7(15)9(17-3)10-8(16)6(14)4(2-12)18-10;2*7-6(9)5-2-1-3-8-4-5/h3-16H,1-2H2;2*1-4H,(H2,7,9)/t3-,4-,5-,6-,7-,8-,9?,10?;;/m1../s1. The molecule has 2 aliphatic heterocycles. The zero-order chi connectivity index (χ0) is 26.8. The summed E-state index contributed by atoms with van der Waals surface area (Å²) in [6, 6.07) is 6.57. The number of pyridine rings is 2. The van der Waals surface area contributed by atoms with E-state index in [-0.39, 0.29) is 0 Å². The lowest BCUT2D eigenvalue weighted by Gasteiger charge is -2.23. The normalized spacial score (nSPS) is 30.9. The first-order valence-corrected chi connectivity index (χ1v) is 10.8. The van der Waals surface area contributed by atoms with Gasteiger partial charge < -0.3 is 51.6 Å². The second-order valence-electron chi connectivity index (χ2n) is 7.82. The molecule has 0 radical (unpaired) electrons. The molecule has 2 amide bonds. The molecule has 14 nitrogen and oxygen atoms in total. The van der Waals surface area contributed by atoms with Crippen molar-refractivity contribution in [3.63, 3.8) is 0 Å². The fourth-order valence-electron chi connectivity index (χ4n) is 3.42. The first kappa shape index (κ1) is 29.2. The summed E-state index contributed by atoms with van der Waals surface area (Å²) >= 11 is 0. The van der Waals surface area contributed by atoms with E-state index in [2.05, 4.69) is 9.97 Å². The van der Waals surface area contributed by atoms with Gasteiger partial charge in [-0.15, -0.1) is 0 Å². The third kappa shape index (κ3) is 7.46. The van der Waals surface area contributed by atoms with Gasteiger partial charge in [0.25, 0.3) is 0 Å². The second-order valence-corrected chi connectivity index (χ2v) is 7.82. The number of carbonyl (C=O) groups excluding carboxylic acids is 2. The number of hydrogen-bond donors (Lipinski definition) is 8. The minimum absolute atomic E-state index is 0.442. The van der Waals surface area contributed by atoms with Crippen LogP contribution in [0, 0.1) is 0 Å². The third-order valence-corrected chi connectivity index (χ3v) is 5.37. The zero-order valence-electron chi connectivity index (χ0n) is 19.0. The van der Waals surface area contributed by atoms with Crippen LogP contribution in [0.2, 0.25) is 0 Å². The number of aliphatic hydroxyl groups excluding tert-OH is 6. The molecule has 0 bridgehead atoms. The Morgan fingerprint density at radius 2 is 1.08 bits per heavy atom. The van der Waals surface area contributed by atoms with Crippen molar-refractivity contribution in [3.05, 3.63) is 60.2 Å². The fraction of sp³-hybridized carbons (Fsp3) is 0.455. The quantitative estimate of drug-likeness (QED) is 0.193. The van der Waals surface area contributed by atoms with Crippen molar-refractivity contribution in [1.29, 1.82) is 0 Å². The van der Waals surface area contributed by atoms with E-state index in [1.54, 1.807) is 36.7 Å². The van der Waals surface area contributed by atoms with Gasteiger partial charge in [0.05, 0.1) is 24.3 Å². The highest BCUT2D eigenvalue weighted by Gasteiger charge is 2.54. The number of carbonyl (C=O) groups is 2. The number of hydrogen-bond acceptors (Lipinski definition) is 12. The highest BCUT2D eigenvalue weighted by atomic mass is 16.6. The minimum Gasteiger partial charge on any atom is -0.394 e. The highest BCUT2D eigenvalue weighted by molar-refractivity contribution is 5.92. The van der Waals surface area contributed by atoms with Gasteiger partial charge in [0.2, 0.25) is 11.8 Å². The van der Waals surface area contributed by atoms with Gasteiger partial charge in [-0.05, 0) is 24.3 Å². The molecule has 0 spiro atoms. The van der Waals surface area contributed by atoms with Crippen LogP contribution in [0.1, 0.15) is 20.7 Å². The third-order valence-electron chi connectivity index (χ3n) is 5.37. The Bertz CT molecular complexity index is 877. The van der Waals surface area contributed by atoms with Gasteiger partial charge in [-0.2, -0.15) is 0 Å². The maximum Gasteiger partial charge on any atom is 0.250 e. The van der Waals surface area contributed by atoms with Gasteiger partial charge in [0.1, 0.15) is 48.8 Å². The number of nitrogens with two attached hydrogens (primary N) is 2. The Labute approximate surface area is 205 Å². The summed E-state index contributed by atoms with van der Waals surface area (Å²) in [5.41, 5.74) is 10.8. The molecule has 10 N–H and O–H groups in total. The lowest BCUT2D eigenvalue weighted by atomic mass is 9.99. The molecule has 2 aliphatic rings. The predicted octanol–water partition coefficient (Wildman–Crippen LogP) is -3.69. The Balaban J connectivity index is 0.000000212. The molecular weight excluding hydrogens is 480 g/mol. The van der Waals surface area contributed by atoms with E-state index >= 15 is 0 Å². The van der Waals surface area contributed by atoms with Crippen LogP contribution in [-0.2, 0) is 9.47 Å². The van der Waals surface area contributed by atoms with Crippen LogP contribution < -0.4 is 11.5 Å². The van der Waals surface area contributed by atoms with E-state index in [0.717, 1.165) is 0 Å². The van der Waals surface area contributed by atoms with E-state index in [1.807, 2.05) is 0 Å². The van der Waals surface area contributed by atoms with E-state index in [9.17, 15) is 30.0 Å². The topological polar surface area (TPSA) is 252 Å². The van der Waals surface area contributed by atoms with Crippen LogP contribution >= 0.6 is 0 Å². The number of nitrogens with zero attached hydrogens (tertiary/aromatic N) is 2. The summed E-state index contributed by atoms with van der Waals surface area (Å²) in [5, 5.41) is 56.6. The summed E-state index contributed by atoms with van der Waals surface area (Å²) in [6.07, 6.45) is -3.29. The smallest absolute Gasteiger partial charge is 0.250 e. The number of primary amides is 2. The van der Waals surface area contributed by atoms with Crippen LogP contribution in [0.5, 0.6) is 0 Å². The predicted molar refractivity (Wildman–Crippen MR) is 121 cm³/mol. The van der Waals surface area contributed by atoms with E-state index < -0.39 is 73.9 Å². The highest BCUT2D eigenvalue weighted by Crippen LogP contribution is 2.32.